The summed E-state index contributed by atoms with van der Waals surface area (Å²) in [5, 5.41) is 7.18. The van der Waals surface area contributed by atoms with Gasteiger partial charge < -0.3 is 10.2 Å². The number of aromatic nitrogens is 1. The van der Waals surface area contributed by atoms with Gasteiger partial charge in [0.2, 0.25) is 0 Å². The van der Waals surface area contributed by atoms with Crippen molar-refractivity contribution in [3.63, 3.8) is 0 Å². The fraction of sp³-hybridized carbons (Fsp3) is 0.786. The number of piperidine rings is 1. The molecule has 0 radical (unpaired) electrons. The largest absolute Gasteiger partial charge is 0.305 e. The number of nitrogens with one attached hydrogen (secondary N) is 1. The highest BCUT2D eigenvalue weighted by atomic mass is 32.1. The van der Waals surface area contributed by atoms with E-state index in [4.69, 9.17) is 0 Å². The molecule has 3 heterocycles. The van der Waals surface area contributed by atoms with Crippen LogP contribution >= 0.6 is 11.3 Å². The summed E-state index contributed by atoms with van der Waals surface area (Å²) in [6, 6.07) is 2.01. The zero-order valence-corrected chi connectivity index (χ0v) is 12.0. The molecule has 0 spiro atoms. The number of nitrogens with zero attached hydrogens (tertiary/aromatic N) is 2. The fourth-order valence-corrected chi connectivity index (χ4v) is 4.21. The summed E-state index contributed by atoms with van der Waals surface area (Å²) in [5.74, 6) is 0. The second-order valence-corrected chi connectivity index (χ2v) is 6.48. The van der Waals surface area contributed by atoms with Crippen LogP contribution in [0.3, 0.4) is 0 Å². The van der Waals surface area contributed by atoms with Crippen LogP contribution in [0.15, 0.2) is 11.6 Å². The summed E-state index contributed by atoms with van der Waals surface area (Å²) in [5.41, 5.74) is 0. The summed E-state index contributed by atoms with van der Waals surface area (Å²) < 4.78 is 0. The quantitative estimate of drug-likeness (QED) is 0.907. The van der Waals surface area contributed by atoms with E-state index in [-0.39, 0.29) is 0 Å². The molecular weight excluding hydrogens is 242 g/mol. The molecule has 100 valence electrons. The van der Waals surface area contributed by atoms with Crippen molar-refractivity contribution in [2.24, 2.45) is 0 Å². The van der Waals surface area contributed by atoms with Gasteiger partial charge in [0.05, 0.1) is 6.04 Å². The Morgan fingerprint density at radius 1 is 1.50 bits per heavy atom. The van der Waals surface area contributed by atoms with E-state index >= 15 is 0 Å². The van der Waals surface area contributed by atoms with Gasteiger partial charge in [0, 0.05) is 23.7 Å². The van der Waals surface area contributed by atoms with E-state index in [9.17, 15) is 0 Å². The fourth-order valence-electron chi connectivity index (χ4n) is 3.43. The van der Waals surface area contributed by atoms with E-state index in [2.05, 4.69) is 27.5 Å². The Hall–Kier alpha value is -0.450. The first-order chi connectivity index (χ1) is 8.86. The SMILES string of the molecule is CCC(NC1CCN2CCCC2C1)c1nccs1. The molecule has 2 aliphatic heterocycles. The zero-order valence-electron chi connectivity index (χ0n) is 11.1. The van der Waals surface area contributed by atoms with Crippen molar-refractivity contribution in [2.75, 3.05) is 13.1 Å². The number of rotatable bonds is 4. The molecule has 3 rings (SSSR count). The lowest BCUT2D eigenvalue weighted by molar-refractivity contribution is 0.160. The van der Waals surface area contributed by atoms with Crippen LogP contribution in [-0.2, 0) is 0 Å². The van der Waals surface area contributed by atoms with E-state index < -0.39 is 0 Å². The highest BCUT2D eigenvalue weighted by molar-refractivity contribution is 7.09. The average molecular weight is 265 g/mol. The second kappa shape index (κ2) is 5.68. The predicted octanol–water partition coefficient (Wildman–Crippen LogP) is 2.81. The Balaban J connectivity index is 1.58. The second-order valence-electron chi connectivity index (χ2n) is 5.55. The van der Waals surface area contributed by atoms with E-state index in [0.717, 1.165) is 12.5 Å². The van der Waals surface area contributed by atoms with Gasteiger partial charge in [-0.2, -0.15) is 0 Å². The lowest BCUT2D eigenvalue weighted by atomic mass is 9.96. The molecule has 2 fully saturated rings. The normalized spacial score (nSPS) is 30.3. The van der Waals surface area contributed by atoms with Crippen molar-refractivity contribution in [3.8, 4) is 0 Å². The number of hydrogen-bond donors (Lipinski definition) is 1. The van der Waals surface area contributed by atoms with Gasteiger partial charge in [0.15, 0.2) is 0 Å². The molecule has 3 atom stereocenters. The highest BCUT2D eigenvalue weighted by Crippen LogP contribution is 2.29. The van der Waals surface area contributed by atoms with E-state index in [1.807, 2.05) is 6.20 Å². The Morgan fingerprint density at radius 2 is 2.44 bits per heavy atom. The Kier molecular flexibility index (Phi) is 3.97. The van der Waals surface area contributed by atoms with Crippen molar-refractivity contribution in [1.82, 2.24) is 15.2 Å². The molecule has 3 unspecified atom stereocenters. The Bertz CT molecular complexity index is 365. The van der Waals surface area contributed by atoms with Crippen LogP contribution in [0, 0.1) is 0 Å². The van der Waals surface area contributed by atoms with Crippen molar-refractivity contribution in [3.05, 3.63) is 16.6 Å². The third-order valence-corrected chi connectivity index (χ3v) is 5.30. The maximum Gasteiger partial charge on any atom is 0.109 e. The lowest BCUT2D eigenvalue weighted by Gasteiger charge is -2.36. The van der Waals surface area contributed by atoms with Gasteiger partial charge in [0.25, 0.3) is 0 Å². The minimum atomic E-state index is 0.461. The molecule has 0 bridgehead atoms. The Labute approximate surface area is 114 Å². The summed E-state index contributed by atoms with van der Waals surface area (Å²) in [4.78, 5) is 7.15. The molecule has 0 aromatic carbocycles. The van der Waals surface area contributed by atoms with Gasteiger partial charge in [-0.1, -0.05) is 6.92 Å². The van der Waals surface area contributed by atoms with Gasteiger partial charge >= 0.3 is 0 Å². The maximum absolute atomic E-state index is 4.46. The zero-order chi connectivity index (χ0) is 12.4. The minimum Gasteiger partial charge on any atom is -0.305 e. The molecular formula is C14H23N3S. The molecule has 2 aliphatic rings. The van der Waals surface area contributed by atoms with Crippen molar-refractivity contribution in [1.29, 1.82) is 0 Å². The van der Waals surface area contributed by atoms with Gasteiger partial charge in [-0.25, -0.2) is 4.98 Å². The molecule has 0 aliphatic carbocycles. The van der Waals surface area contributed by atoms with Crippen LogP contribution in [0.5, 0.6) is 0 Å². The molecule has 1 N–H and O–H groups in total. The summed E-state index contributed by atoms with van der Waals surface area (Å²) in [7, 11) is 0. The maximum atomic E-state index is 4.46. The highest BCUT2D eigenvalue weighted by Gasteiger charge is 2.32. The Morgan fingerprint density at radius 3 is 3.22 bits per heavy atom. The smallest absolute Gasteiger partial charge is 0.109 e. The van der Waals surface area contributed by atoms with Crippen molar-refractivity contribution >= 4 is 11.3 Å². The van der Waals surface area contributed by atoms with E-state index in [1.165, 1.54) is 43.8 Å². The molecule has 18 heavy (non-hydrogen) atoms. The van der Waals surface area contributed by atoms with Gasteiger partial charge in [-0.3, -0.25) is 0 Å². The third-order valence-electron chi connectivity index (χ3n) is 4.42. The van der Waals surface area contributed by atoms with Gasteiger partial charge in [-0.15, -0.1) is 11.3 Å². The molecule has 4 heteroatoms. The van der Waals surface area contributed by atoms with E-state index in [1.54, 1.807) is 11.3 Å². The van der Waals surface area contributed by atoms with E-state index in [0.29, 0.717) is 12.1 Å². The van der Waals surface area contributed by atoms with Crippen molar-refractivity contribution in [2.45, 2.75) is 57.2 Å². The van der Waals surface area contributed by atoms with Crippen LogP contribution < -0.4 is 5.32 Å². The van der Waals surface area contributed by atoms with Crippen LogP contribution in [-0.4, -0.2) is 35.1 Å². The molecule has 0 amide bonds. The monoisotopic (exact) mass is 265 g/mol. The van der Waals surface area contributed by atoms with Crippen molar-refractivity contribution < 1.29 is 0 Å². The summed E-state index contributed by atoms with van der Waals surface area (Å²) >= 11 is 1.78. The van der Waals surface area contributed by atoms with Gasteiger partial charge in [0.1, 0.15) is 5.01 Å². The molecule has 3 nitrogen and oxygen atoms in total. The first-order valence-electron chi connectivity index (χ1n) is 7.26. The topological polar surface area (TPSA) is 28.2 Å². The molecule has 0 saturated carbocycles. The number of fused-ring (bicyclic) bond motifs is 1. The molecule has 1 aromatic heterocycles. The lowest BCUT2D eigenvalue weighted by Crippen LogP contribution is -2.46. The number of thiazole rings is 1. The summed E-state index contributed by atoms with van der Waals surface area (Å²) in [6.45, 7) is 4.88. The minimum absolute atomic E-state index is 0.461. The molecule has 1 aromatic rings. The third kappa shape index (κ3) is 2.60. The first-order valence-corrected chi connectivity index (χ1v) is 8.14. The predicted molar refractivity (Wildman–Crippen MR) is 75.9 cm³/mol. The van der Waals surface area contributed by atoms with Crippen LogP contribution in [0.2, 0.25) is 0 Å². The standard InChI is InChI=1S/C14H23N3S/c1-2-13(14-15-6-9-18-14)16-11-5-8-17-7-3-4-12(17)10-11/h6,9,11-13,16H,2-5,7-8,10H2,1H3. The van der Waals surface area contributed by atoms with Gasteiger partial charge in [-0.05, 0) is 45.2 Å². The van der Waals surface area contributed by atoms with Crippen LogP contribution in [0.4, 0.5) is 0 Å². The van der Waals surface area contributed by atoms with Crippen LogP contribution in [0.1, 0.15) is 50.1 Å². The molecule has 2 saturated heterocycles. The summed E-state index contributed by atoms with van der Waals surface area (Å²) in [6.07, 6.45) is 8.51. The average Bonchev–Trinajstić information content (AvgIpc) is 3.06. The number of hydrogen-bond acceptors (Lipinski definition) is 4. The van der Waals surface area contributed by atoms with Crippen LogP contribution in [0.25, 0.3) is 0 Å². The first kappa shape index (κ1) is 12.6.